The Kier molecular flexibility index (Phi) is 6.80. The predicted octanol–water partition coefficient (Wildman–Crippen LogP) is 0.994. The summed E-state index contributed by atoms with van der Waals surface area (Å²) in [5.41, 5.74) is 0. The third kappa shape index (κ3) is 4.52. The van der Waals surface area contributed by atoms with Crippen molar-refractivity contribution in [2.45, 2.75) is 38.6 Å². The quantitative estimate of drug-likeness (QED) is 0.734. The minimum Gasteiger partial charge on any atom is -0.337 e. The van der Waals surface area contributed by atoms with Crippen LogP contribution in [0.5, 0.6) is 0 Å². The fourth-order valence-electron chi connectivity index (χ4n) is 4.07. The molecule has 3 saturated heterocycles. The summed E-state index contributed by atoms with van der Waals surface area (Å²) in [6, 6.07) is 0.316. The van der Waals surface area contributed by atoms with Gasteiger partial charge in [-0.15, -0.1) is 0 Å². The Morgan fingerprint density at radius 1 is 1.04 bits per heavy atom. The Morgan fingerprint density at radius 3 is 2.38 bits per heavy atom. The van der Waals surface area contributed by atoms with Crippen LogP contribution in [-0.4, -0.2) is 89.4 Å². The van der Waals surface area contributed by atoms with Crippen LogP contribution in [-0.2, 0) is 9.59 Å². The number of rotatable bonds is 4. The van der Waals surface area contributed by atoms with E-state index in [2.05, 4.69) is 22.0 Å². The van der Waals surface area contributed by atoms with Gasteiger partial charge in [-0.05, 0) is 63.1 Å². The van der Waals surface area contributed by atoms with Gasteiger partial charge in [0.05, 0.1) is 0 Å². The van der Waals surface area contributed by atoms with Gasteiger partial charge in [0.2, 0.25) is 0 Å². The molecule has 0 radical (unpaired) electrons. The van der Waals surface area contributed by atoms with E-state index in [0.29, 0.717) is 25.6 Å². The molecule has 3 fully saturated rings. The highest BCUT2D eigenvalue weighted by molar-refractivity contribution is 7.99. The van der Waals surface area contributed by atoms with E-state index in [1.54, 1.807) is 0 Å². The van der Waals surface area contributed by atoms with Crippen molar-refractivity contribution >= 4 is 29.6 Å². The fourth-order valence-corrected chi connectivity index (χ4v) is 5.15. The zero-order chi connectivity index (χ0) is 18.5. The number of likely N-dealkylation sites (N-methyl/N-ethyl adjacent to an activating group) is 1. The Hall–Kier alpha value is -1.28. The minimum absolute atomic E-state index is 0.280. The van der Waals surface area contributed by atoms with Crippen LogP contribution in [0.3, 0.4) is 0 Å². The lowest BCUT2D eigenvalue weighted by Crippen LogP contribution is -2.58. The summed E-state index contributed by atoms with van der Waals surface area (Å²) in [4.78, 5) is 41.4. The van der Waals surface area contributed by atoms with Crippen LogP contribution in [0.1, 0.15) is 32.6 Å². The number of hydrogen-bond donors (Lipinski definition) is 1. The van der Waals surface area contributed by atoms with Gasteiger partial charge in [-0.2, -0.15) is 11.8 Å². The Bertz CT molecular complexity index is 531. The van der Waals surface area contributed by atoms with Crippen molar-refractivity contribution in [1.82, 2.24) is 20.0 Å². The highest BCUT2D eigenvalue weighted by Crippen LogP contribution is 2.26. The molecule has 0 aliphatic carbocycles. The first-order valence-electron chi connectivity index (χ1n) is 9.80. The number of likely N-dealkylation sites (tertiary alicyclic amines) is 1. The lowest BCUT2D eigenvalue weighted by molar-refractivity contribution is -0.153. The number of nitrogens with zero attached hydrogens (tertiary/aromatic N) is 3. The van der Waals surface area contributed by atoms with Crippen molar-refractivity contribution in [3.63, 3.8) is 0 Å². The predicted molar refractivity (Wildman–Crippen MR) is 102 cm³/mol. The summed E-state index contributed by atoms with van der Waals surface area (Å²) in [7, 11) is 0. The Balaban J connectivity index is 1.40. The SMILES string of the molecule is CCN1CCN(C(=O)NCC2CCN(C3CCSCC3)CC2)C(=O)C1=O. The molecule has 7 nitrogen and oxygen atoms in total. The van der Waals surface area contributed by atoms with Gasteiger partial charge >= 0.3 is 17.8 Å². The van der Waals surface area contributed by atoms with E-state index in [1.807, 2.05) is 6.92 Å². The van der Waals surface area contributed by atoms with Crippen LogP contribution in [0.25, 0.3) is 0 Å². The van der Waals surface area contributed by atoms with Gasteiger partial charge < -0.3 is 15.1 Å². The van der Waals surface area contributed by atoms with Crippen molar-refractivity contribution in [3.8, 4) is 0 Å². The molecule has 3 aliphatic heterocycles. The number of piperazine rings is 1. The van der Waals surface area contributed by atoms with Crippen LogP contribution >= 0.6 is 11.8 Å². The van der Waals surface area contributed by atoms with Gasteiger partial charge in [0.15, 0.2) is 0 Å². The van der Waals surface area contributed by atoms with E-state index in [0.717, 1.165) is 36.9 Å². The summed E-state index contributed by atoms with van der Waals surface area (Å²) >= 11 is 2.06. The molecular formula is C18H30N4O3S. The van der Waals surface area contributed by atoms with E-state index in [-0.39, 0.29) is 6.54 Å². The largest absolute Gasteiger partial charge is 0.337 e. The number of urea groups is 1. The maximum absolute atomic E-state index is 12.3. The second-order valence-electron chi connectivity index (χ2n) is 7.35. The lowest BCUT2D eigenvalue weighted by Gasteiger charge is -2.39. The Labute approximate surface area is 159 Å². The van der Waals surface area contributed by atoms with E-state index in [1.165, 1.54) is 29.2 Å². The minimum atomic E-state index is -0.708. The van der Waals surface area contributed by atoms with Gasteiger partial charge in [0.25, 0.3) is 0 Å². The van der Waals surface area contributed by atoms with E-state index in [4.69, 9.17) is 0 Å². The highest BCUT2D eigenvalue weighted by atomic mass is 32.2. The average Bonchev–Trinajstić information content (AvgIpc) is 2.69. The van der Waals surface area contributed by atoms with Gasteiger partial charge in [0.1, 0.15) is 0 Å². The number of hydrogen-bond acceptors (Lipinski definition) is 5. The second kappa shape index (κ2) is 9.08. The number of imide groups is 1. The molecule has 3 rings (SSSR count). The first-order chi connectivity index (χ1) is 12.6. The molecule has 0 aromatic heterocycles. The molecule has 4 amide bonds. The van der Waals surface area contributed by atoms with Crippen molar-refractivity contribution in [2.24, 2.45) is 5.92 Å². The van der Waals surface area contributed by atoms with Gasteiger partial charge in [-0.25, -0.2) is 4.79 Å². The molecule has 3 heterocycles. The van der Waals surface area contributed by atoms with E-state index >= 15 is 0 Å². The Morgan fingerprint density at radius 2 is 1.73 bits per heavy atom. The van der Waals surface area contributed by atoms with Crippen LogP contribution in [0.15, 0.2) is 0 Å². The molecule has 0 atom stereocenters. The third-order valence-corrected chi connectivity index (χ3v) is 6.88. The van der Waals surface area contributed by atoms with Crippen molar-refractivity contribution in [2.75, 3.05) is 50.8 Å². The summed E-state index contributed by atoms with van der Waals surface area (Å²) in [5.74, 6) is 1.72. The molecular weight excluding hydrogens is 352 g/mol. The number of amides is 4. The number of carbonyl (C=O) groups is 3. The first-order valence-corrected chi connectivity index (χ1v) is 11.0. The molecule has 0 aromatic rings. The topological polar surface area (TPSA) is 73.0 Å². The third-order valence-electron chi connectivity index (χ3n) is 5.83. The molecule has 0 aromatic carbocycles. The fraction of sp³-hybridized carbons (Fsp3) is 0.833. The summed E-state index contributed by atoms with van der Waals surface area (Å²) in [5, 5.41) is 2.87. The van der Waals surface area contributed by atoms with Crippen LogP contribution in [0.2, 0.25) is 0 Å². The summed E-state index contributed by atoms with van der Waals surface area (Å²) in [6.45, 7) is 5.82. The summed E-state index contributed by atoms with van der Waals surface area (Å²) in [6.07, 6.45) is 4.76. The average molecular weight is 383 g/mol. The molecule has 26 heavy (non-hydrogen) atoms. The van der Waals surface area contributed by atoms with Gasteiger partial charge in [-0.3, -0.25) is 14.5 Å². The normalized spacial score (nSPS) is 24.2. The molecule has 0 spiro atoms. The van der Waals surface area contributed by atoms with Gasteiger partial charge in [-0.1, -0.05) is 0 Å². The van der Waals surface area contributed by atoms with Crippen LogP contribution in [0, 0.1) is 5.92 Å². The van der Waals surface area contributed by atoms with E-state index in [9.17, 15) is 14.4 Å². The van der Waals surface area contributed by atoms with E-state index < -0.39 is 17.8 Å². The maximum atomic E-state index is 12.3. The number of nitrogens with one attached hydrogen (secondary N) is 1. The number of thioether (sulfide) groups is 1. The number of carbonyl (C=O) groups excluding carboxylic acids is 3. The zero-order valence-corrected chi connectivity index (χ0v) is 16.4. The van der Waals surface area contributed by atoms with Crippen LogP contribution in [0.4, 0.5) is 4.79 Å². The smallest absolute Gasteiger partial charge is 0.324 e. The molecule has 1 N–H and O–H groups in total. The molecule has 0 bridgehead atoms. The van der Waals surface area contributed by atoms with Crippen molar-refractivity contribution in [1.29, 1.82) is 0 Å². The standard InChI is InChI=1S/C18H30N4O3S/c1-2-20-9-10-22(17(24)16(20)23)18(25)19-13-14-3-7-21(8-4-14)15-5-11-26-12-6-15/h14-15H,2-13H2,1H3,(H,19,25). The molecule has 0 saturated carbocycles. The van der Waals surface area contributed by atoms with Gasteiger partial charge in [0, 0.05) is 32.2 Å². The molecule has 0 unspecified atom stereocenters. The number of piperidine rings is 1. The molecule has 8 heteroatoms. The second-order valence-corrected chi connectivity index (χ2v) is 8.58. The highest BCUT2D eigenvalue weighted by Gasteiger charge is 2.35. The summed E-state index contributed by atoms with van der Waals surface area (Å²) < 4.78 is 0. The zero-order valence-electron chi connectivity index (χ0n) is 15.6. The first kappa shape index (κ1) is 19.5. The monoisotopic (exact) mass is 382 g/mol. The lowest BCUT2D eigenvalue weighted by atomic mass is 9.94. The maximum Gasteiger partial charge on any atom is 0.324 e. The van der Waals surface area contributed by atoms with Crippen molar-refractivity contribution in [3.05, 3.63) is 0 Å². The molecule has 146 valence electrons. The molecule has 3 aliphatic rings. The van der Waals surface area contributed by atoms with Crippen molar-refractivity contribution < 1.29 is 14.4 Å². The van der Waals surface area contributed by atoms with Crippen LogP contribution < -0.4 is 5.32 Å².